The van der Waals surface area contributed by atoms with Gasteiger partial charge in [-0.15, -0.1) is 0 Å². The first-order valence-electron chi connectivity index (χ1n) is 9.23. The number of fused-ring (bicyclic) bond motifs is 1. The topological polar surface area (TPSA) is 63.5 Å². The van der Waals surface area contributed by atoms with E-state index in [9.17, 15) is 0 Å². The molecule has 0 atom stereocenters. The SMILES string of the molecule is Clc1cnc(-c2ccc3c(c2)C(c2ccnc(N4CCOCC4)c2)=NC3)nc1. The van der Waals surface area contributed by atoms with Gasteiger partial charge >= 0.3 is 0 Å². The molecule has 0 amide bonds. The van der Waals surface area contributed by atoms with Gasteiger partial charge in [-0.1, -0.05) is 23.7 Å². The van der Waals surface area contributed by atoms with E-state index in [0.717, 1.165) is 54.5 Å². The van der Waals surface area contributed by atoms with E-state index in [-0.39, 0.29) is 0 Å². The minimum Gasteiger partial charge on any atom is -0.378 e. The minimum absolute atomic E-state index is 0.527. The monoisotopic (exact) mass is 391 g/mol. The van der Waals surface area contributed by atoms with Crippen molar-refractivity contribution < 1.29 is 4.74 Å². The molecular weight excluding hydrogens is 374 g/mol. The van der Waals surface area contributed by atoms with E-state index in [1.54, 1.807) is 12.4 Å². The zero-order valence-corrected chi connectivity index (χ0v) is 15.9. The number of aliphatic imine (C=N–C) groups is 1. The van der Waals surface area contributed by atoms with Gasteiger partial charge in [-0.2, -0.15) is 0 Å². The maximum Gasteiger partial charge on any atom is 0.159 e. The fourth-order valence-electron chi connectivity index (χ4n) is 3.56. The van der Waals surface area contributed by atoms with Gasteiger partial charge in [0.2, 0.25) is 0 Å². The molecular formula is C21H18ClN5O. The third kappa shape index (κ3) is 3.25. The van der Waals surface area contributed by atoms with Crippen LogP contribution in [0, 0.1) is 0 Å². The molecule has 1 fully saturated rings. The van der Waals surface area contributed by atoms with Crippen LogP contribution in [0.2, 0.25) is 5.02 Å². The Hall–Kier alpha value is -2.83. The summed E-state index contributed by atoms with van der Waals surface area (Å²) >= 11 is 5.91. The van der Waals surface area contributed by atoms with Crippen LogP contribution in [0.25, 0.3) is 11.4 Å². The standard InChI is InChI=1S/C21H18ClN5O/c22-17-12-25-21(26-13-17)15-1-2-16-11-24-20(18(16)9-15)14-3-4-23-19(10-14)27-5-7-28-8-6-27/h1-4,9-10,12-13H,5-8,11H2. The molecule has 2 aliphatic rings. The predicted octanol–water partition coefficient (Wildman–Crippen LogP) is 3.38. The summed E-state index contributed by atoms with van der Waals surface area (Å²) in [6.07, 6.45) is 5.08. The van der Waals surface area contributed by atoms with Crippen molar-refractivity contribution in [3.63, 3.8) is 0 Å². The summed E-state index contributed by atoms with van der Waals surface area (Å²) < 4.78 is 5.45. The number of hydrogen-bond donors (Lipinski definition) is 0. The highest BCUT2D eigenvalue weighted by Gasteiger charge is 2.20. The molecule has 0 bridgehead atoms. The van der Waals surface area contributed by atoms with Gasteiger partial charge in [-0.25, -0.2) is 15.0 Å². The molecule has 1 aromatic carbocycles. The Labute approximate surface area is 167 Å². The lowest BCUT2D eigenvalue weighted by atomic mass is 9.98. The zero-order valence-electron chi connectivity index (χ0n) is 15.2. The van der Waals surface area contributed by atoms with Gasteiger partial charge in [-0.05, 0) is 23.8 Å². The number of hydrogen-bond acceptors (Lipinski definition) is 6. The van der Waals surface area contributed by atoms with Crippen LogP contribution >= 0.6 is 11.6 Å². The molecule has 0 radical (unpaired) electrons. The second-order valence-electron chi connectivity index (χ2n) is 6.76. The Morgan fingerprint density at radius 1 is 0.929 bits per heavy atom. The van der Waals surface area contributed by atoms with Crippen molar-refractivity contribution in [1.82, 2.24) is 15.0 Å². The van der Waals surface area contributed by atoms with E-state index < -0.39 is 0 Å². The summed E-state index contributed by atoms with van der Waals surface area (Å²) in [6.45, 7) is 3.87. The summed E-state index contributed by atoms with van der Waals surface area (Å²) in [4.78, 5) is 20.3. The quantitative estimate of drug-likeness (QED) is 0.684. The Bertz CT molecular complexity index is 1040. The first-order chi connectivity index (χ1) is 13.8. The summed E-state index contributed by atoms with van der Waals surface area (Å²) in [5, 5.41) is 0.527. The first kappa shape index (κ1) is 17.3. The molecule has 0 aliphatic carbocycles. The molecule has 0 spiro atoms. The van der Waals surface area contributed by atoms with E-state index in [4.69, 9.17) is 21.3 Å². The Morgan fingerprint density at radius 3 is 2.57 bits per heavy atom. The van der Waals surface area contributed by atoms with Crippen LogP contribution in [0.3, 0.4) is 0 Å². The smallest absolute Gasteiger partial charge is 0.159 e. The van der Waals surface area contributed by atoms with E-state index in [0.29, 0.717) is 17.4 Å². The molecule has 6 nitrogen and oxygen atoms in total. The number of halogens is 1. The van der Waals surface area contributed by atoms with Gasteiger partial charge in [-0.3, -0.25) is 4.99 Å². The fraction of sp³-hybridized carbons (Fsp3) is 0.238. The van der Waals surface area contributed by atoms with Gasteiger partial charge in [0.1, 0.15) is 5.82 Å². The molecule has 2 aliphatic heterocycles. The first-order valence-corrected chi connectivity index (χ1v) is 9.60. The molecule has 2 aromatic heterocycles. The molecule has 5 rings (SSSR count). The fourth-order valence-corrected chi connectivity index (χ4v) is 3.66. The van der Waals surface area contributed by atoms with E-state index >= 15 is 0 Å². The van der Waals surface area contributed by atoms with E-state index in [1.165, 1.54) is 5.56 Å². The van der Waals surface area contributed by atoms with Crippen molar-refractivity contribution in [1.29, 1.82) is 0 Å². The van der Waals surface area contributed by atoms with Crippen molar-refractivity contribution in [2.75, 3.05) is 31.2 Å². The van der Waals surface area contributed by atoms with Gasteiger partial charge < -0.3 is 9.64 Å². The number of benzene rings is 1. The van der Waals surface area contributed by atoms with Gasteiger partial charge in [0, 0.05) is 48.4 Å². The second-order valence-corrected chi connectivity index (χ2v) is 7.20. The molecule has 28 heavy (non-hydrogen) atoms. The zero-order chi connectivity index (χ0) is 18.9. The summed E-state index contributed by atoms with van der Waals surface area (Å²) in [6, 6.07) is 10.4. The molecule has 4 heterocycles. The number of nitrogens with zero attached hydrogens (tertiary/aromatic N) is 5. The van der Waals surface area contributed by atoms with Crippen molar-refractivity contribution in [3.05, 3.63) is 70.6 Å². The molecule has 1 saturated heterocycles. The van der Waals surface area contributed by atoms with Crippen LogP contribution < -0.4 is 4.90 Å². The molecule has 3 aromatic rings. The second kappa shape index (κ2) is 7.30. The van der Waals surface area contributed by atoms with Crippen LogP contribution in [0.1, 0.15) is 16.7 Å². The van der Waals surface area contributed by atoms with Crippen LogP contribution in [0.15, 0.2) is 53.9 Å². The highest BCUT2D eigenvalue weighted by molar-refractivity contribution is 6.30. The Balaban J connectivity index is 1.49. The highest BCUT2D eigenvalue weighted by atomic mass is 35.5. The van der Waals surface area contributed by atoms with Crippen LogP contribution in [0.4, 0.5) is 5.82 Å². The summed E-state index contributed by atoms with van der Waals surface area (Å²) in [5.41, 5.74) is 5.34. The van der Waals surface area contributed by atoms with Gasteiger partial charge in [0.05, 0.1) is 30.5 Å². The lowest BCUT2D eigenvalue weighted by Crippen LogP contribution is -2.36. The largest absolute Gasteiger partial charge is 0.378 e. The Kier molecular flexibility index (Phi) is 4.50. The lowest BCUT2D eigenvalue weighted by molar-refractivity contribution is 0.122. The van der Waals surface area contributed by atoms with Crippen LogP contribution in [-0.4, -0.2) is 47.0 Å². The minimum atomic E-state index is 0.527. The Morgan fingerprint density at radius 2 is 1.75 bits per heavy atom. The molecule has 0 saturated carbocycles. The molecule has 7 heteroatoms. The predicted molar refractivity (Wildman–Crippen MR) is 109 cm³/mol. The van der Waals surface area contributed by atoms with Crippen molar-refractivity contribution in [2.24, 2.45) is 4.99 Å². The van der Waals surface area contributed by atoms with Crippen molar-refractivity contribution >= 4 is 23.1 Å². The van der Waals surface area contributed by atoms with E-state index in [1.807, 2.05) is 18.3 Å². The lowest BCUT2D eigenvalue weighted by Gasteiger charge is -2.28. The molecule has 140 valence electrons. The highest BCUT2D eigenvalue weighted by Crippen LogP contribution is 2.28. The van der Waals surface area contributed by atoms with Crippen LogP contribution in [0.5, 0.6) is 0 Å². The maximum atomic E-state index is 5.91. The van der Waals surface area contributed by atoms with Crippen LogP contribution in [-0.2, 0) is 11.3 Å². The average molecular weight is 392 g/mol. The van der Waals surface area contributed by atoms with Gasteiger partial charge in [0.15, 0.2) is 5.82 Å². The number of rotatable bonds is 3. The van der Waals surface area contributed by atoms with Gasteiger partial charge in [0.25, 0.3) is 0 Å². The van der Waals surface area contributed by atoms with Crippen molar-refractivity contribution in [3.8, 4) is 11.4 Å². The normalized spacial score (nSPS) is 16.0. The molecule has 0 unspecified atom stereocenters. The maximum absolute atomic E-state index is 5.91. The number of ether oxygens (including phenoxy) is 1. The molecule has 0 N–H and O–H groups in total. The summed E-state index contributed by atoms with van der Waals surface area (Å²) in [5.74, 6) is 1.62. The number of aromatic nitrogens is 3. The van der Waals surface area contributed by atoms with Crippen molar-refractivity contribution in [2.45, 2.75) is 6.54 Å². The third-order valence-corrected chi connectivity index (χ3v) is 5.20. The summed E-state index contributed by atoms with van der Waals surface area (Å²) in [7, 11) is 0. The van der Waals surface area contributed by atoms with E-state index in [2.05, 4.69) is 38.1 Å². The number of pyridine rings is 1. The average Bonchev–Trinajstić information content (AvgIpc) is 3.18. The third-order valence-electron chi connectivity index (χ3n) is 5.01. The number of morpholine rings is 1. The number of anilines is 1.